The molecular formula is C10H9N3O4S2. The van der Waals surface area contributed by atoms with E-state index >= 15 is 0 Å². The molecule has 0 saturated heterocycles. The smallest absolute Gasteiger partial charge is 0.356 e. The van der Waals surface area contributed by atoms with Crippen molar-refractivity contribution in [1.82, 2.24) is 9.97 Å². The van der Waals surface area contributed by atoms with Gasteiger partial charge in [-0.2, -0.15) is 0 Å². The van der Waals surface area contributed by atoms with Crippen LogP contribution in [0.3, 0.4) is 0 Å². The highest BCUT2D eigenvalue weighted by Gasteiger charge is 2.26. The summed E-state index contributed by atoms with van der Waals surface area (Å²) in [4.78, 5) is 18.4. The van der Waals surface area contributed by atoms with Gasteiger partial charge in [-0.3, -0.25) is 9.71 Å². The Bertz CT molecular complexity index is 724. The molecule has 0 aromatic carbocycles. The molecule has 0 bridgehead atoms. The lowest BCUT2D eigenvalue weighted by Gasteiger charge is -2.08. The Kier molecular flexibility index (Phi) is 3.49. The summed E-state index contributed by atoms with van der Waals surface area (Å²) in [7, 11) is -3.98. The molecule has 0 aliphatic rings. The first kappa shape index (κ1) is 13.4. The molecule has 7 nitrogen and oxygen atoms in total. The van der Waals surface area contributed by atoms with Gasteiger partial charge in [-0.05, 0) is 19.1 Å². The molecule has 0 fully saturated rings. The van der Waals surface area contributed by atoms with Crippen molar-refractivity contribution in [1.29, 1.82) is 0 Å². The van der Waals surface area contributed by atoms with Crippen molar-refractivity contribution in [2.24, 2.45) is 0 Å². The van der Waals surface area contributed by atoms with E-state index in [1.165, 1.54) is 11.7 Å². The van der Waals surface area contributed by atoms with Gasteiger partial charge in [0.15, 0.2) is 9.90 Å². The summed E-state index contributed by atoms with van der Waals surface area (Å²) >= 11 is 0.747. The second-order valence-corrected chi connectivity index (χ2v) is 6.27. The number of hydrogen-bond donors (Lipinski definition) is 2. The number of thiazole rings is 1. The number of carboxylic acid groups (broad SMARTS) is 1. The largest absolute Gasteiger partial charge is 0.476 e. The molecule has 2 rings (SSSR count). The topological polar surface area (TPSA) is 109 Å². The summed E-state index contributed by atoms with van der Waals surface area (Å²) in [5.74, 6) is -1.38. The number of anilines is 1. The van der Waals surface area contributed by atoms with Crippen LogP contribution in [0.25, 0.3) is 0 Å². The first-order valence-corrected chi connectivity index (χ1v) is 7.39. The fraction of sp³-hybridized carbons (Fsp3) is 0.100. The molecule has 0 amide bonds. The minimum Gasteiger partial charge on any atom is -0.476 e. The lowest BCUT2D eigenvalue weighted by atomic mass is 10.3. The number of aromatic nitrogens is 2. The van der Waals surface area contributed by atoms with Crippen LogP contribution in [0.2, 0.25) is 0 Å². The van der Waals surface area contributed by atoms with E-state index in [0.717, 1.165) is 11.3 Å². The van der Waals surface area contributed by atoms with E-state index in [1.54, 1.807) is 19.1 Å². The third-order valence-electron chi connectivity index (χ3n) is 2.23. The number of nitrogens with one attached hydrogen (secondary N) is 1. The molecule has 100 valence electrons. The van der Waals surface area contributed by atoms with E-state index in [0.29, 0.717) is 11.4 Å². The fourth-order valence-corrected chi connectivity index (χ4v) is 3.61. The minimum absolute atomic E-state index is 0.298. The van der Waals surface area contributed by atoms with Gasteiger partial charge in [-0.1, -0.05) is 0 Å². The Morgan fingerprint density at radius 2 is 2.16 bits per heavy atom. The van der Waals surface area contributed by atoms with E-state index in [-0.39, 0.29) is 4.21 Å². The highest BCUT2D eigenvalue weighted by molar-refractivity contribution is 7.94. The number of rotatable bonds is 4. The number of carbonyl (C=O) groups is 1. The van der Waals surface area contributed by atoms with Crippen LogP contribution in [-0.2, 0) is 10.0 Å². The maximum Gasteiger partial charge on any atom is 0.356 e. The maximum absolute atomic E-state index is 12.1. The Morgan fingerprint density at radius 3 is 2.79 bits per heavy atom. The van der Waals surface area contributed by atoms with Gasteiger partial charge in [-0.25, -0.2) is 18.2 Å². The van der Waals surface area contributed by atoms with Crippen LogP contribution in [-0.4, -0.2) is 29.5 Å². The maximum atomic E-state index is 12.1. The van der Waals surface area contributed by atoms with E-state index in [4.69, 9.17) is 5.11 Å². The molecule has 19 heavy (non-hydrogen) atoms. The second-order valence-electron chi connectivity index (χ2n) is 3.54. The van der Waals surface area contributed by atoms with Crippen LogP contribution in [0, 0.1) is 6.92 Å². The van der Waals surface area contributed by atoms with E-state index < -0.39 is 21.7 Å². The highest BCUT2D eigenvalue weighted by Crippen LogP contribution is 2.23. The van der Waals surface area contributed by atoms with Gasteiger partial charge in [0.25, 0.3) is 10.0 Å². The zero-order valence-electron chi connectivity index (χ0n) is 9.69. The molecule has 0 aliphatic carbocycles. The van der Waals surface area contributed by atoms with Crippen LogP contribution in [0.15, 0.2) is 28.0 Å². The first-order valence-electron chi connectivity index (χ1n) is 5.03. The average molecular weight is 299 g/mol. The standard InChI is InChI=1S/C10H9N3O4S2/c1-6-7(3-2-4-11-6)13-19(16,17)10-8(9(14)15)12-5-18-10/h2-5,13H,1H3,(H,14,15). The molecule has 0 radical (unpaired) electrons. The van der Waals surface area contributed by atoms with E-state index in [9.17, 15) is 13.2 Å². The Labute approximate surface area is 113 Å². The molecule has 0 saturated carbocycles. The van der Waals surface area contributed by atoms with Crippen molar-refractivity contribution in [3.8, 4) is 0 Å². The summed E-state index contributed by atoms with van der Waals surface area (Å²) in [6.45, 7) is 1.64. The van der Waals surface area contributed by atoms with Crippen molar-refractivity contribution in [3.63, 3.8) is 0 Å². The summed E-state index contributed by atoms with van der Waals surface area (Å²) < 4.78 is 26.2. The number of carboxylic acids is 1. The SMILES string of the molecule is Cc1ncccc1NS(=O)(=O)c1scnc1C(=O)O. The molecular weight excluding hydrogens is 290 g/mol. The minimum atomic E-state index is -3.98. The Balaban J connectivity index is 2.41. The predicted octanol–water partition coefficient (Wildman–Crippen LogP) is 1.35. The number of aromatic carboxylic acids is 1. The van der Waals surface area contributed by atoms with Crippen LogP contribution < -0.4 is 4.72 Å². The third kappa shape index (κ3) is 2.71. The summed E-state index contributed by atoms with van der Waals surface area (Å²) in [5.41, 5.74) is 1.48. The van der Waals surface area contributed by atoms with Crippen LogP contribution >= 0.6 is 11.3 Å². The molecule has 2 N–H and O–H groups in total. The lowest BCUT2D eigenvalue weighted by molar-refractivity contribution is 0.0687. The van der Waals surface area contributed by atoms with Gasteiger partial charge < -0.3 is 5.11 Å². The Morgan fingerprint density at radius 1 is 1.42 bits per heavy atom. The van der Waals surface area contributed by atoms with E-state index in [1.807, 2.05) is 0 Å². The molecule has 9 heteroatoms. The molecule has 2 aromatic heterocycles. The lowest BCUT2D eigenvalue weighted by Crippen LogP contribution is -2.16. The van der Waals surface area contributed by atoms with Gasteiger partial charge >= 0.3 is 5.97 Å². The van der Waals surface area contributed by atoms with Crippen molar-refractivity contribution < 1.29 is 18.3 Å². The molecule has 0 spiro atoms. The van der Waals surface area contributed by atoms with Crippen LogP contribution in [0.1, 0.15) is 16.2 Å². The monoisotopic (exact) mass is 299 g/mol. The summed E-state index contributed by atoms with van der Waals surface area (Å²) in [6.07, 6.45) is 1.53. The molecule has 0 atom stereocenters. The number of aryl methyl sites for hydroxylation is 1. The highest BCUT2D eigenvalue weighted by atomic mass is 32.2. The van der Waals surface area contributed by atoms with Crippen molar-refractivity contribution in [3.05, 3.63) is 35.2 Å². The van der Waals surface area contributed by atoms with Gasteiger partial charge in [0.05, 0.1) is 16.9 Å². The second kappa shape index (κ2) is 4.94. The predicted molar refractivity (Wildman–Crippen MR) is 68.9 cm³/mol. The molecule has 0 aliphatic heterocycles. The quantitative estimate of drug-likeness (QED) is 0.881. The van der Waals surface area contributed by atoms with Crippen molar-refractivity contribution in [2.45, 2.75) is 11.1 Å². The zero-order chi connectivity index (χ0) is 14.0. The van der Waals surface area contributed by atoms with Crippen molar-refractivity contribution in [2.75, 3.05) is 4.72 Å². The normalized spacial score (nSPS) is 11.2. The third-order valence-corrected chi connectivity index (χ3v) is 4.97. The Hall–Kier alpha value is -2.00. The average Bonchev–Trinajstić information content (AvgIpc) is 2.82. The number of pyridine rings is 1. The zero-order valence-corrected chi connectivity index (χ0v) is 11.3. The molecule has 2 heterocycles. The summed E-state index contributed by atoms with van der Waals surface area (Å²) in [5, 5.41) is 8.88. The van der Waals surface area contributed by atoms with Gasteiger partial charge in [0.2, 0.25) is 0 Å². The van der Waals surface area contributed by atoms with E-state index in [2.05, 4.69) is 14.7 Å². The number of sulfonamides is 1. The fourth-order valence-electron chi connectivity index (χ4n) is 1.35. The number of hydrogen-bond acceptors (Lipinski definition) is 6. The first-order chi connectivity index (χ1) is 8.92. The van der Waals surface area contributed by atoms with Gasteiger partial charge in [-0.15, -0.1) is 11.3 Å². The van der Waals surface area contributed by atoms with Crippen LogP contribution in [0.4, 0.5) is 5.69 Å². The van der Waals surface area contributed by atoms with Crippen molar-refractivity contribution >= 4 is 33.0 Å². The molecule has 0 unspecified atom stereocenters. The van der Waals surface area contributed by atoms with Gasteiger partial charge in [0, 0.05) is 6.20 Å². The van der Waals surface area contributed by atoms with Gasteiger partial charge in [0.1, 0.15) is 0 Å². The summed E-state index contributed by atoms with van der Waals surface area (Å²) in [6, 6.07) is 3.12. The number of nitrogens with zero attached hydrogens (tertiary/aromatic N) is 2. The molecule has 2 aromatic rings. The van der Waals surface area contributed by atoms with Crippen LogP contribution in [0.5, 0.6) is 0 Å².